The van der Waals surface area contributed by atoms with Crippen molar-refractivity contribution in [2.75, 3.05) is 23.8 Å². The summed E-state index contributed by atoms with van der Waals surface area (Å²) < 4.78 is 1.03. The van der Waals surface area contributed by atoms with Crippen molar-refractivity contribution < 1.29 is 5.11 Å². The van der Waals surface area contributed by atoms with Crippen molar-refractivity contribution in [3.63, 3.8) is 0 Å². The Hall–Kier alpha value is -2.51. The molecule has 0 bridgehead atoms. The van der Waals surface area contributed by atoms with Crippen LogP contribution in [0.3, 0.4) is 0 Å². The zero-order chi connectivity index (χ0) is 18.4. The summed E-state index contributed by atoms with van der Waals surface area (Å²) in [6.45, 7) is 2.76. The molecule has 6 nitrogen and oxygen atoms in total. The molecule has 0 amide bonds. The summed E-state index contributed by atoms with van der Waals surface area (Å²) >= 11 is 3.55. The highest BCUT2D eigenvalue weighted by Gasteiger charge is 2.09. The van der Waals surface area contributed by atoms with Crippen LogP contribution in [0.1, 0.15) is 12.0 Å². The van der Waals surface area contributed by atoms with Gasteiger partial charge in [-0.3, -0.25) is 4.98 Å². The fraction of sp³-hybridized carbons (Fsp3) is 0.211. The van der Waals surface area contributed by atoms with Crippen LogP contribution in [0.25, 0.3) is 11.3 Å². The minimum absolute atomic E-state index is 0.123. The highest BCUT2D eigenvalue weighted by Crippen LogP contribution is 2.28. The standard InChI is InChI=1S/C19H20BrN5O/c1-13-15(20)6-2-7-16(13)23-18-11-17(14-5-3-8-21-12-14)24-19(25-18)22-9-4-10-26/h2-3,5-8,11-12,26H,4,9-10H2,1H3,(H2,22,23,24,25). The summed E-state index contributed by atoms with van der Waals surface area (Å²) in [4.78, 5) is 13.3. The van der Waals surface area contributed by atoms with E-state index in [9.17, 15) is 0 Å². The van der Waals surface area contributed by atoms with E-state index in [1.54, 1.807) is 12.4 Å². The van der Waals surface area contributed by atoms with Crippen LogP contribution in [0.15, 0.2) is 53.3 Å². The van der Waals surface area contributed by atoms with Gasteiger partial charge in [0.15, 0.2) is 0 Å². The average molecular weight is 414 g/mol. The fourth-order valence-electron chi connectivity index (χ4n) is 2.41. The van der Waals surface area contributed by atoms with E-state index in [1.807, 2.05) is 43.3 Å². The van der Waals surface area contributed by atoms with Gasteiger partial charge in [0.05, 0.1) is 5.69 Å². The molecule has 3 N–H and O–H groups in total. The predicted octanol–water partition coefficient (Wildman–Crippen LogP) is 4.15. The Morgan fingerprint density at radius 2 is 2.04 bits per heavy atom. The minimum Gasteiger partial charge on any atom is -0.396 e. The molecule has 2 heterocycles. The smallest absolute Gasteiger partial charge is 0.225 e. The van der Waals surface area contributed by atoms with Gasteiger partial charge >= 0.3 is 0 Å². The molecule has 26 heavy (non-hydrogen) atoms. The van der Waals surface area contributed by atoms with Gasteiger partial charge in [-0.15, -0.1) is 0 Å². The Labute approximate surface area is 160 Å². The molecule has 7 heteroatoms. The van der Waals surface area contributed by atoms with Gasteiger partial charge in [0.2, 0.25) is 5.95 Å². The summed E-state index contributed by atoms with van der Waals surface area (Å²) in [6.07, 6.45) is 4.14. The number of hydrogen-bond acceptors (Lipinski definition) is 6. The number of hydrogen-bond donors (Lipinski definition) is 3. The van der Waals surface area contributed by atoms with Crippen LogP contribution in [0, 0.1) is 6.92 Å². The maximum atomic E-state index is 8.98. The van der Waals surface area contributed by atoms with E-state index in [-0.39, 0.29) is 6.61 Å². The highest BCUT2D eigenvalue weighted by atomic mass is 79.9. The van der Waals surface area contributed by atoms with E-state index in [4.69, 9.17) is 5.11 Å². The summed E-state index contributed by atoms with van der Waals surface area (Å²) in [7, 11) is 0. The minimum atomic E-state index is 0.123. The molecule has 0 aliphatic rings. The SMILES string of the molecule is Cc1c(Br)cccc1Nc1cc(-c2cccnc2)nc(NCCCO)n1. The molecule has 2 aromatic heterocycles. The number of pyridine rings is 1. The Morgan fingerprint density at radius 1 is 1.15 bits per heavy atom. The summed E-state index contributed by atoms with van der Waals surface area (Å²) in [5, 5.41) is 15.5. The lowest BCUT2D eigenvalue weighted by molar-refractivity contribution is 0.292. The van der Waals surface area contributed by atoms with Crippen molar-refractivity contribution >= 4 is 33.4 Å². The van der Waals surface area contributed by atoms with E-state index < -0.39 is 0 Å². The molecule has 3 aromatic rings. The van der Waals surface area contributed by atoms with Crippen LogP contribution in [-0.2, 0) is 0 Å². The van der Waals surface area contributed by atoms with E-state index in [0.717, 1.165) is 27.0 Å². The molecule has 0 saturated carbocycles. The fourth-order valence-corrected chi connectivity index (χ4v) is 2.78. The Kier molecular flexibility index (Phi) is 6.14. The molecular weight excluding hydrogens is 394 g/mol. The van der Waals surface area contributed by atoms with Gasteiger partial charge in [-0.1, -0.05) is 22.0 Å². The summed E-state index contributed by atoms with van der Waals surface area (Å²) in [6, 6.07) is 11.7. The lowest BCUT2D eigenvalue weighted by Gasteiger charge is -2.13. The highest BCUT2D eigenvalue weighted by molar-refractivity contribution is 9.10. The molecule has 0 spiro atoms. The molecule has 134 valence electrons. The monoisotopic (exact) mass is 413 g/mol. The van der Waals surface area contributed by atoms with E-state index in [0.29, 0.717) is 24.7 Å². The number of benzene rings is 1. The Bertz CT molecular complexity index is 873. The van der Waals surface area contributed by atoms with Gasteiger partial charge in [0.1, 0.15) is 5.82 Å². The maximum Gasteiger partial charge on any atom is 0.225 e. The topological polar surface area (TPSA) is 83.0 Å². The number of anilines is 3. The second kappa shape index (κ2) is 8.73. The lowest BCUT2D eigenvalue weighted by atomic mass is 10.2. The molecule has 0 aliphatic carbocycles. The molecule has 1 aromatic carbocycles. The molecule has 0 atom stereocenters. The van der Waals surface area contributed by atoms with Crippen molar-refractivity contribution in [1.29, 1.82) is 0 Å². The number of rotatable bonds is 7. The zero-order valence-electron chi connectivity index (χ0n) is 14.4. The van der Waals surface area contributed by atoms with Gasteiger partial charge in [0.25, 0.3) is 0 Å². The van der Waals surface area contributed by atoms with Crippen molar-refractivity contribution in [3.05, 3.63) is 58.8 Å². The number of aromatic nitrogens is 3. The van der Waals surface area contributed by atoms with Crippen LogP contribution >= 0.6 is 15.9 Å². The third-order valence-electron chi connectivity index (χ3n) is 3.83. The number of aliphatic hydroxyl groups is 1. The van der Waals surface area contributed by atoms with Gasteiger partial charge in [-0.05, 0) is 43.2 Å². The van der Waals surface area contributed by atoms with Crippen molar-refractivity contribution in [2.45, 2.75) is 13.3 Å². The Morgan fingerprint density at radius 3 is 2.81 bits per heavy atom. The van der Waals surface area contributed by atoms with Crippen LogP contribution in [-0.4, -0.2) is 33.2 Å². The van der Waals surface area contributed by atoms with Crippen molar-refractivity contribution in [1.82, 2.24) is 15.0 Å². The maximum absolute atomic E-state index is 8.98. The first-order valence-corrected chi connectivity index (χ1v) is 9.13. The second-order valence-corrected chi connectivity index (χ2v) is 6.60. The third kappa shape index (κ3) is 4.56. The van der Waals surface area contributed by atoms with Crippen molar-refractivity contribution in [2.24, 2.45) is 0 Å². The van der Waals surface area contributed by atoms with Gasteiger partial charge < -0.3 is 15.7 Å². The molecule has 3 rings (SSSR count). The molecule has 0 unspecified atom stereocenters. The van der Waals surface area contributed by atoms with Crippen LogP contribution in [0.5, 0.6) is 0 Å². The second-order valence-electron chi connectivity index (χ2n) is 5.75. The molecule has 0 aliphatic heterocycles. The molecule has 0 saturated heterocycles. The average Bonchev–Trinajstić information content (AvgIpc) is 2.66. The lowest BCUT2D eigenvalue weighted by Crippen LogP contribution is -2.09. The van der Waals surface area contributed by atoms with Gasteiger partial charge in [-0.25, -0.2) is 4.98 Å². The molecule has 0 fully saturated rings. The first kappa shape index (κ1) is 18.3. The van der Waals surface area contributed by atoms with E-state index >= 15 is 0 Å². The number of nitrogens with one attached hydrogen (secondary N) is 2. The molecular formula is C19H20BrN5O. The largest absolute Gasteiger partial charge is 0.396 e. The summed E-state index contributed by atoms with van der Waals surface area (Å²) in [5.41, 5.74) is 3.75. The number of halogens is 1. The van der Waals surface area contributed by atoms with E-state index in [1.165, 1.54) is 0 Å². The predicted molar refractivity (Wildman–Crippen MR) is 108 cm³/mol. The number of nitrogens with zero attached hydrogens (tertiary/aromatic N) is 3. The molecule has 0 radical (unpaired) electrons. The quantitative estimate of drug-likeness (QED) is 0.504. The first-order chi connectivity index (χ1) is 12.7. The van der Waals surface area contributed by atoms with Crippen LogP contribution < -0.4 is 10.6 Å². The van der Waals surface area contributed by atoms with Gasteiger partial charge in [-0.2, -0.15) is 4.98 Å². The van der Waals surface area contributed by atoms with Gasteiger partial charge in [0, 0.05) is 47.3 Å². The first-order valence-electron chi connectivity index (χ1n) is 8.33. The number of aliphatic hydroxyl groups excluding tert-OH is 1. The van der Waals surface area contributed by atoms with Crippen molar-refractivity contribution in [3.8, 4) is 11.3 Å². The normalized spacial score (nSPS) is 10.6. The third-order valence-corrected chi connectivity index (χ3v) is 4.69. The van der Waals surface area contributed by atoms with E-state index in [2.05, 4.69) is 41.5 Å². The Balaban J connectivity index is 1.95. The zero-order valence-corrected chi connectivity index (χ0v) is 16.0. The van der Waals surface area contributed by atoms with Crippen LogP contribution in [0.2, 0.25) is 0 Å². The summed E-state index contributed by atoms with van der Waals surface area (Å²) in [5.74, 6) is 1.20. The van der Waals surface area contributed by atoms with Crippen LogP contribution in [0.4, 0.5) is 17.5 Å².